The van der Waals surface area contributed by atoms with Gasteiger partial charge in [0.15, 0.2) is 0 Å². The van der Waals surface area contributed by atoms with Crippen LogP contribution in [0.1, 0.15) is 22.3 Å². The highest BCUT2D eigenvalue weighted by molar-refractivity contribution is 9.10. The largest absolute Gasteiger partial charge is 0.348 e. The first kappa shape index (κ1) is 16.1. The highest BCUT2D eigenvalue weighted by Crippen LogP contribution is 2.48. The summed E-state index contributed by atoms with van der Waals surface area (Å²) in [4.78, 5) is 4.69. The molecule has 23 heavy (non-hydrogen) atoms. The van der Waals surface area contributed by atoms with Crippen molar-refractivity contribution in [1.29, 1.82) is 0 Å². The number of fused-ring (bicyclic) bond motifs is 6. The van der Waals surface area contributed by atoms with Crippen LogP contribution in [-0.4, -0.2) is 6.67 Å². The van der Waals surface area contributed by atoms with E-state index in [1.54, 1.807) is 0 Å². The summed E-state index contributed by atoms with van der Waals surface area (Å²) >= 11 is 20.4. The summed E-state index contributed by atoms with van der Waals surface area (Å²) in [6.07, 6.45) is 0. The van der Waals surface area contributed by atoms with E-state index >= 15 is 0 Å². The minimum Gasteiger partial charge on any atom is -0.348 e. The zero-order chi connectivity index (χ0) is 16.5. The molecule has 0 saturated carbocycles. The minimum absolute atomic E-state index is 0.805. The number of halogens is 4. The predicted molar refractivity (Wildman–Crippen MR) is 105 cm³/mol. The lowest BCUT2D eigenvalue weighted by Gasteiger charge is -2.46. The van der Waals surface area contributed by atoms with Crippen LogP contribution in [0.15, 0.2) is 21.1 Å². The number of hydrogen-bond donors (Lipinski definition) is 0. The van der Waals surface area contributed by atoms with Crippen molar-refractivity contribution in [2.75, 3.05) is 16.5 Å². The summed E-state index contributed by atoms with van der Waals surface area (Å²) in [5, 5.41) is 1.61. The third kappa shape index (κ3) is 2.33. The molecule has 6 heteroatoms. The summed E-state index contributed by atoms with van der Waals surface area (Å²) < 4.78 is 2.11. The molecule has 0 amide bonds. The van der Waals surface area contributed by atoms with Crippen molar-refractivity contribution >= 4 is 66.4 Å². The third-order valence-electron chi connectivity index (χ3n) is 4.82. The summed E-state index contributed by atoms with van der Waals surface area (Å²) in [5.74, 6) is 0. The molecular formula is C17H14Br2Cl2N2. The zero-order valence-corrected chi connectivity index (χ0v) is 17.4. The molecule has 2 aliphatic heterocycles. The Morgan fingerprint density at radius 2 is 1.22 bits per heavy atom. The molecule has 0 radical (unpaired) electrons. The standard InChI is InChI=1S/C17H14Br2Cl2N2/c1-8-10-5-22-7-23(16(10)14(20)3-12(8)18)6-11-9(2)13(19)4-15(21)17(11)22/h3-4H,5-7H2,1-2H3. The first-order chi connectivity index (χ1) is 10.9. The molecule has 2 aliphatic rings. The van der Waals surface area contributed by atoms with Crippen LogP contribution in [0.4, 0.5) is 11.4 Å². The predicted octanol–water partition coefficient (Wildman–Crippen LogP) is 6.43. The van der Waals surface area contributed by atoms with Gasteiger partial charge in [0.05, 0.1) is 28.1 Å². The molecule has 0 fully saturated rings. The Hall–Kier alpha value is -0.420. The fourth-order valence-corrected chi connectivity index (χ4v) is 5.45. The van der Waals surface area contributed by atoms with E-state index in [1.165, 1.54) is 22.3 Å². The van der Waals surface area contributed by atoms with Crippen LogP contribution in [0.3, 0.4) is 0 Å². The Bertz CT molecular complexity index is 782. The van der Waals surface area contributed by atoms with Crippen molar-refractivity contribution < 1.29 is 0 Å². The van der Waals surface area contributed by atoms with Crippen molar-refractivity contribution in [1.82, 2.24) is 0 Å². The van der Waals surface area contributed by atoms with E-state index in [2.05, 4.69) is 55.5 Å². The maximum Gasteiger partial charge on any atom is 0.0911 e. The molecule has 0 unspecified atom stereocenters. The molecule has 0 saturated heterocycles. The van der Waals surface area contributed by atoms with Crippen molar-refractivity contribution in [3.8, 4) is 0 Å². The average Bonchev–Trinajstić information content (AvgIpc) is 2.49. The Balaban J connectivity index is 1.94. The van der Waals surface area contributed by atoms with Crippen molar-refractivity contribution in [2.24, 2.45) is 0 Å². The van der Waals surface area contributed by atoms with Gasteiger partial charge in [-0.3, -0.25) is 0 Å². The molecule has 4 rings (SSSR count). The van der Waals surface area contributed by atoms with Gasteiger partial charge in [-0.1, -0.05) is 55.1 Å². The molecule has 2 nitrogen and oxygen atoms in total. The Morgan fingerprint density at radius 1 is 0.826 bits per heavy atom. The van der Waals surface area contributed by atoms with E-state index in [-0.39, 0.29) is 0 Å². The van der Waals surface area contributed by atoms with E-state index in [9.17, 15) is 0 Å². The minimum atomic E-state index is 0.805. The number of hydrogen-bond acceptors (Lipinski definition) is 2. The lowest BCUT2D eigenvalue weighted by atomic mass is 9.96. The fraction of sp³-hybridized carbons (Fsp3) is 0.294. The number of rotatable bonds is 0. The van der Waals surface area contributed by atoms with Crippen molar-refractivity contribution in [3.05, 3.63) is 53.4 Å². The average molecular weight is 477 g/mol. The third-order valence-corrected chi connectivity index (χ3v) is 7.05. The monoisotopic (exact) mass is 474 g/mol. The van der Waals surface area contributed by atoms with E-state index in [1.807, 2.05) is 12.1 Å². The number of anilines is 2. The number of benzene rings is 2. The van der Waals surface area contributed by atoms with Gasteiger partial charge in [-0.15, -0.1) is 0 Å². The van der Waals surface area contributed by atoms with Crippen LogP contribution in [-0.2, 0) is 13.1 Å². The van der Waals surface area contributed by atoms with Gasteiger partial charge in [0.2, 0.25) is 0 Å². The van der Waals surface area contributed by atoms with Gasteiger partial charge in [0.1, 0.15) is 0 Å². The smallest absolute Gasteiger partial charge is 0.0911 e. The fourth-order valence-electron chi connectivity index (χ4n) is 3.57. The lowest BCUT2D eigenvalue weighted by molar-refractivity contribution is 0.646. The van der Waals surface area contributed by atoms with Gasteiger partial charge in [-0.25, -0.2) is 0 Å². The van der Waals surface area contributed by atoms with Crippen LogP contribution >= 0.6 is 55.1 Å². The highest BCUT2D eigenvalue weighted by Gasteiger charge is 2.34. The SMILES string of the molecule is Cc1c(Br)cc(Cl)c2c1CN1CN2Cc2c(C)c(Br)cc(Cl)c21. The van der Waals surface area contributed by atoms with Gasteiger partial charge in [-0.05, 0) is 37.1 Å². The van der Waals surface area contributed by atoms with Crippen molar-refractivity contribution in [2.45, 2.75) is 26.9 Å². The molecule has 2 bridgehead atoms. The Labute approximate surface area is 162 Å². The van der Waals surface area contributed by atoms with E-state index in [0.29, 0.717) is 0 Å². The van der Waals surface area contributed by atoms with E-state index in [0.717, 1.165) is 50.1 Å². The van der Waals surface area contributed by atoms with Gasteiger partial charge < -0.3 is 9.80 Å². The second-order valence-electron chi connectivity index (χ2n) is 6.12. The summed E-state index contributed by atoms with van der Waals surface area (Å²) in [6.45, 7) is 6.74. The van der Waals surface area contributed by atoms with Gasteiger partial charge in [-0.2, -0.15) is 0 Å². The van der Waals surface area contributed by atoms with Crippen molar-refractivity contribution in [3.63, 3.8) is 0 Å². The van der Waals surface area contributed by atoms with Crippen LogP contribution in [0.2, 0.25) is 10.0 Å². The Kier molecular flexibility index (Phi) is 3.88. The van der Waals surface area contributed by atoms with Gasteiger partial charge in [0, 0.05) is 33.2 Å². The zero-order valence-electron chi connectivity index (χ0n) is 12.7. The maximum absolute atomic E-state index is 6.57. The first-order valence-corrected chi connectivity index (χ1v) is 9.67. The molecule has 0 aromatic heterocycles. The maximum atomic E-state index is 6.57. The van der Waals surface area contributed by atoms with Crippen LogP contribution in [0, 0.1) is 13.8 Å². The van der Waals surface area contributed by atoms with Crippen LogP contribution < -0.4 is 9.80 Å². The van der Waals surface area contributed by atoms with E-state index < -0.39 is 0 Å². The number of nitrogens with zero attached hydrogens (tertiary/aromatic N) is 2. The second kappa shape index (κ2) is 5.55. The molecule has 0 spiro atoms. The molecular weight excluding hydrogens is 463 g/mol. The van der Waals surface area contributed by atoms with Crippen LogP contribution in [0.25, 0.3) is 0 Å². The topological polar surface area (TPSA) is 6.48 Å². The summed E-state index contributed by atoms with van der Waals surface area (Å²) in [7, 11) is 0. The lowest BCUT2D eigenvalue weighted by Crippen LogP contribution is -2.47. The Morgan fingerprint density at radius 3 is 1.61 bits per heavy atom. The quantitative estimate of drug-likeness (QED) is 0.432. The molecule has 0 aliphatic carbocycles. The summed E-state index contributed by atoms with van der Waals surface area (Å²) in [6, 6.07) is 4.00. The molecule has 2 aromatic carbocycles. The highest BCUT2D eigenvalue weighted by atomic mass is 79.9. The normalized spacial score (nSPS) is 15.6. The second-order valence-corrected chi connectivity index (χ2v) is 8.65. The molecule has 2 aromatic rings. The van der Waals surface area contributed by atoms with E-state index in [4.69, 9.17) is 23.2 Å². The van der Waals surface area contributed by atoms with Gasteiger partial charge >= 0.3 is 0 Å². The molecule has 2 heterocycles. The first-order valence-electron chi connectivity index (χ1n) is 7.33. The summed E-state index contributed by atoms with van der Waals surface area (Å²) in [5.41, 5.74) is 7.35. The van der Waals surface area contributed by atoms with Crippen LogP contribution in [0.5, 0.6) is 0 Å². The molecule has 0 N–H and O–H groups in total. The molecule has 120 valence electrons. The molecule has 0 atom stereocenters. The van der Waals surface area contributed by atoms with Gasteiger partial charge in [0.25, 0.3) is 0 Å².